The van der Waals surface area contributed by atoms with Gasteiger partial charge in [0.25, 0.3) is 0 Å². The summed E-state index contributed by atoms with van der Waals surface area (Å²) in [5.74, 6) is 0. The van der Waals surface area contributed by atoms with Crippen molar-refractivity contribution in [1.29, 1.82) is 0 Å². The molecule has 7 nitrogen and oxygen atoms in total. The fraction of sp³-hybridized carbons (Fsp3) is 0.500. The maximum absolute atomic E-state index is 11.6. The Morgan fingerprint density at radius 2 is 2.05 bits per heavy atom. The average molecular weight is 302 g/mol. The third kappa shape index (κ3) is 3.91. The highest BCUT2D eigenvalue weighted by Gasteiger charge is 2.27. The van der Waals surface area contributed by atoms with E-state index in [2.05, 4.69) is 5.32 Å². The van der Waals surface area contributed by atoms with Gasteiger partial charge in [-0.2, -0.15) is 0 Å². The van der Waals surface area contributed by atoms with Crippen molar-refractivity contribution in [3.05, 3.63) is 28.3 Å². The van der Waals surface area contributed by atoms with Crippen LogP contribution in [-0.2, 0) is 9.84 Å². The second-order valence-corrected chi connectivity index (χ2v) is 6.87. The first-order valence-electron chi connectivity index (χ1n) is 6.02. The van der Waals surface area contributed by atoms with Crippen LogP contribution in [0.3, 0.4) is 0 Å². The molecule has 2 N–H and O–H groups in total. The zero-order valence-electron chi connectivity index (χ0n) is 11.6. The van der Waals surface area contributed by atoms with Gasteiger partial charge in [-0.3, -0.25) is 10.1 Å². The van der Waals surface area contributed by atoms with Crippen LogP contribution in [0.4, 0.5) is 11.4 Å². The number of nitro benzene ring substituents is 1. The smallest absolute Gasteiger partial charge is 0.310 e. The van der Waals surface area contributed by atoms with E-state index in [1.165, 1.54) is 18.2 Å². The Morgan fingerprint density at radius 3 is 2.50 bits per heavy atom. The van der Waals surface area contributed by atoms with Crippen molar-refractivity contribution in [2.45, 2.75) is 30.8 Å². The van der Waals surface area contributed by atoms with Crippen LogP contribution in [0, 0.1) is 10.1 Å². The number of rotatable bonds is 6. The van der Waals surface area contributed by atoms with E-state index >= 15 is 0 Å². The Balaban J connectivity index is 3.25. The molecule has 1 aromatic rings. The summed E-state index contributed by atoms with van der Waals surface area (Å²) in [5.41, 5.74) is -1.46. The number of sulfone groups is 1. The topological polar surface area (TPSA) is 110 Å². The third-order valence-corrected chi connectivity index (χ3v) is 4.13. The first kappa shape index (κ1) is 16.4. The summed E-state index contributed by atoms with van der Waals surface area (Å²) in [6.45, 7) is 3.45. The molecular formula is C12H18N2O5S. The maximum atomic E-state index is 11.6. The minimum absolute atomic E-state index is 0.0756. The number of benzene rings is 1. The molecule has 0 aliphatic rings. The molecular weight excluding hydrogens is 284 g/mol. The van der Waals surface area contributed by atoms with E-state index in [1.54, 1.807) is 13.8 Å². The predicted molar refractivity (Wildman–Crippen MR) is 75.6 cm³/mol. The Labute approximate surface area is 117 Å². The lowest BCUT2D eigenvalue weighted by molar-refractivity contribution is -0.386. The van der Waals surface area contributed by atoms with Crippen LogP contribution in [-0.4, -0.2) is 36.8 Å². The van der Waals surface area contributed by atoms with Crippen molar-refractivity contribution in [1.82, 2.24) is 0 Å². The minimum atomic E-state index is -3.70. The first-order chi connectivity index (χ1) is 9.08. The van der Waals surface area contributed by atoms with Gasteiger partial charge in [-0.25, -0.2) is 8.42 Å². The Morgan fingerprint density at radius 1 is 1.45 bits per heavy atom. The number of aliphatic hydroxyl groups is 1. The number of anilines is 1. The summed E-state index contributed by atoms with van der Waals surface area (Å²) in [7, 11) is -3.70. The van der Waals surface area contributed by atoms with Gasteiger partial charge in [-0.15, -0.1) is 0 Å². The number of hydrogen-bond acceptors (Lipinski definition) is 6. The van der Waals surface area contributed by atoms with E-state index in [-0.39, 0.29) is 17.1 Å². The molecule has 0 amide bonds. The third-order valence-electron chi connectivity index (χ3n) is 3.00. The summed E-state index contributed by atoms with van der Waals surface area (Å²) in [4.78, 5) is 10.0. The quantitative estimate of drug-likeness (QED) is 0.609. The van der Waals surface area contributed by atoms with Gasteiger partial charge >= 0.3 is 5.69 Å². The molecule has 0 radical (unpaired) electrons. The monoisotopic (exact) mass is 302 g/mol. The van der Waals surface area contributed by atoms with Gasteiger partial charge in [-0.1, -0.05) is 13.0 Å². The second kappa shape index (κ2) is 5.76. The highest BCUT2D eigenvalue weighted by molar-refractivity contribution is 7.90. The number of para-hydroxylation sites is 1. The molecule has 0 fully saturated rings. The van der Waals surface area contributed by atoms with E-state index in [0.29, 0.717) is 6.42 Å². The minimum Gasteiger partial charge on any atom is -0.388 e. The molecule has 112 valence electrons. The van der Waals surface area contributed by atoms with Gasteiger partial charge < -0.3 is 10.4 Å². The van der Waals surface area contributed by atoms with Crippen LogP contribution in [0.15, 0.2) is 23.1 Å². The zero-order valence-corrected chi connectivity index (χ0v) is 12.4. The van der Waals surface area contributed by atoms with Gasteiger partial charge in [0, 0.05) is 12.8 Å². The fourth-order valence-electron chi connectivity index (χ4n) is 1.56. The molecule has 0 saturated carbocycles. The van der Waals surface area contributed by atoms with E-state index < -0.39 is 26.0 Å². The van der Waals surface area contributed by atoms with Crippen molar-refractivity contribution in [3.63, 3.8) is 0 Å². The number of hydrogen-bond donors (Lipinski definition) is 2. The number of nitro groups is 1. The fourth-order valence-corrected chi connectivity index (χ4v) is 2.42. The van der Waals surface area contributed by atoms with Crippen LogP contribution < -0.4 is 5.32 Å². The summed E-state index contributed by atoms with van der Waals surface area (Å²) in [6, 6.07) is 4.03. The summed E-state index contributed by atoms with van der Waals surface area (Å²) in [5, 5.41) is 23.8. The lowest BCUT2D eigenvalue weighted by Crippen LogP contribution is -2.32. The first-order valence-corrected chi connectivity index (χ1v) is 7.91. The summed E-state index contributed by atoms with van der Waals surface area (Å²) >= 11 is 0. The molecule has 0 bridgehead atoms. The lowest BCUT2D eigenvalue weighted by Gasteiger charge is -2.22. The molecule has 1 aromatic carbocycles. The van der Waals surface area contributed by atoms with Crippen LogP contribution in [0.2, 0.25) is 0 Å². The maximum Gasteiger partial charge on any atom is 0.310 e. The van der Waals surface area contributed by atoms with Gasteiger partial charge in [0.1, 0.15) is 10.6 Å². The molecule has 0 spiro atoms. The second-order valence-electron chi connectivity index (χ2n) is 4.89. The van der Waals surface area contributed by atoms with E-state index in [4.69, 9.17) is 0 Å². The molecule has 0 saturated heterocycles. The highest BCUT2D eigenvalue weighted by Crippen LogP contribution is 2.32. The molecule has 1 rings (SSSR count). The van der Waals surface area contributed by atoms with Crippen LogP contribution in [0.1, 0.15) is 20.3 Å². The predicted octanol–water partition coefficient (Wildman–Crippen LogP) is 1.57. The molecule has 1 unspecified atom stereocenters. The summed E-state index contributed by atoms with van der Waals surface area (Å²) < 4.78 is 23.2. The van der Waals surface area contributed by atoms with Crippen LogP contribution >= 0.6 is 0 Å². The molecule has 0 aliphatic heterocycles. The molecule has 0 aromatic heterocycles. The SMILES string of the molecule is CCC(C)(O)CNc1cccc(S(C)(=O)=O)c1[N+](=O)[O-]. The van der Waals surface area contributed by atoms with Gasteiger partial charge in [0.2, 0.25) is 0 Å². The molecule has 8 heteroatoms. The van der Waals surface area contributed by atoms with E-state index in [9.17, 15) is 23.6 Å². The van der Waals surface area contributed by atoms with Crippen LogP contribution in [0.5, 0.6) is 0 Å². The largest absolute Gasteiger partial charge is 0.388 e. The highest BCUT2D eigenvalue weighted by atomic mass is 32.2. The normalized spacial score (nSPS) is 14.6. The van der Waals surface area contributed by atoms with Crippen LogP contribution in [0.25, 0.3) is 0 Å². The van der Waals surface area contributed by atoms with Crippen molar-refractivity contribution in [2.75, 3.05) is 18.1 Å². The van der Waals surface area contributed by atoms with Gasteiger partial charge in [-0.05, 0) is 25.5 Å². The zero-order chi connectivity index (χ0) is 15.6. The lowest BCUT2D eigenvalue weighted by atomic mass is 10.0. The molecule has 0 aliphatic carbocycles. The average Bonchev–Trinajstić information content (AvgIpc) is 2.34. The van der Waals surface area contributed by atoms with Crippen molar-refractivity contribution in [2.24, 2.45) is 0 Å². The van der Waals surface area contributed by atoms with E-state index in [1.807, 2.05) is 0 Å². The standard InChI is InChI=1S/C12H18N2O5S/c1-4-12(2,15)8-13-9-6-5-7-10(20(3,18)19)11(9)14(16)17/h5-7,13,15H,4,8H2,1-3H3. The molecule has 20 heavy (non-hydrogen) atoms. The number of nitrogens with one attached hydrogen (secondary N) is 1. The Bertz CT molecular complexity index is 610. The van der Waals surface area contributed by atoms with Crippen molar-refractivity contribution in [3.8, 4) is 0 Å². The summed E-state index contributed by atoms with van der Waals surface area (Å²) in [6.07, 6.45) is 1.38. The Kier molecular flexibility index (Phi) is 4.72. The number of nitrogens with zero attached hydrogens (tertiary/aromatic N) is 1. The Hall–Kier alpha value is -1.67. The van der Waals surface area contributed by atoms with Gasteiger partial charge in [0.15, 0.2) is 9.84 Å². The van der Waals surface area contributed by atoms with E-state index in [0.717, 1.165) is 6.26 Å². The van der Waals surface area contributed by atoms with Gasteiger partial charge in [0.05, 0.1) is 10.5 Å². The molecule has 0 heterocycles. The van der Waals surface area contributed by atoms with Crippen molar-refractivity contribution >= 4 is 21.2 Å². The molecule has 1 atom stereocenters. The van der Waals surface area contributed by atoms with Crippen molar-refractivity contribution < 1.29 is 18.4 Å².